The van der Waals surface area contributed by atoms with Crippen molar-refractivity contribution in [3.8, 4) is 11.8 Å². The van der Waals surface area contributed by atoms with Crippen molar-refractivity contribution >= 4 is 22.9 Å². The van der Waals surface area contributed by atoms with E-state index in [0.717, 1.165) is 11.3 Å². The molecule has 0 unspecified atom stereocenters. The van der Waals surface area contributed by atoms with Gasteiger partial charge in [-0.1, -0.05) is 0 Å². The maximum absolute atomic E-state index is 12.1. The second kappa shape index (κ2) is 8.02. The number of aryl methyl sites for hydroxylation is 2. The summed E-state index contributed by atoms with van der Waals surface area (Å²) in [6.07, 6.45) is -0.545. The molecule has 1 amide bonds. The summed E-state index contributed by atoms with van der Waals surface area (Å²) in [6, 6.07) is 1.28. The highest BCUT2D eigenvalue weighted by Crippen LogP contribution is 2.37. The summed E-state index contributed by atoms with van der Waals surface area (Å²) < 4.78 is 7.25. The molecule has 3 aromatic rings. The SMILES string of the molecule is CNC(=O)[C@H]1C[C@@H](n2cnc3c(NC)nc(C#Cc4cc(C)c(C)o4)nc32)[C@H](O)[C@@H]1O. The lowest BCUT2D eigenvalue weighted by Gasteiger charge is -2.18. The Hall–Kier alpha value is -3.42. The fraction of sp³-hybridized carbons (Fsp3) is 0.429. The first-order valence-electron chi connectivity index (χ1n) is 9.93. The van der Waals surface area contributed by atoms with Gasteiger partial charge in [0.1, 0.15) is 11.9 Å². The second-order valence-corrected chi connectivity index (χ2v) is 7.57. The minimum absolute atomic E-state index is 0.248. The van der Waals surface area contributed by atoms with Gasteiger partial charge in [0.25, 0.3) is 0 Å². The van der Waals surface area contributed by atoms with Gasteiger partial charge in [0.05, 0.1) is 24.4 Å². The first kappa shape index (κ1) is 20.8. The van der Waals surface area contributed by atoms with Gasteiger partial charge in [-0.25, -0.2) is 15.0 Å². The third kappa shape index (κ3) is 3.62. The smallest absolute Gasteiger partial charge is 0.225 e. The number of imidazole rings is 1. The van der Waals surface area contributed by atoms with E-state index in [9.17, 15) is 15.0 Å². The van der Waals surface area contributed by atoms with Gasteiger partial charge in [-0.2, -0.15) is 0 Å². The largest absolute Gasteiger partial charge is 0.453 e. The van der Waals surface area contributed by atoms with E-state index in [1.165, 1.54) is 13.4 Å². The summed E-state index contributed by atoms with van der Waals surface area (Å²) >= 11 is 0. The fourth-order valence-corrected chi connectivity index (χ4v) is 3.87. The number of anilines is 1. The predicted octanol–water partition coefficient (Wildman–Crippen LogP) is 0.506. The summed E-state index contributed by atoms with van der Waals surface area (Å²) in [5.41, 5.74) is 1.96. The zero-order valence-electron chi connectivity index (χ0n) is 17.7. The van der Waals surface area contributed by atoms with E-state index in [4.69, 9.17) is 4.42 Å². The Labute approximate surface area is 178 Å². The van der Waals surface area contributed by atoms with Crippen molar-refractivity contribution in [1.29, 1.82) is 0 Å². The lowest BCUT2D eigenvalue weighted by atomic mass is 10.1. The van der Waals surface area contributed by atoms with Crippen molar-refractivity contribution in [1.82, 2.24) is 24.8 Å². The first-order valence-corrected chi connectivity index (χ1v) is 9.93. The van der Waals surface area contributed by atoms with Crippen LogP contribution in [0.3, 0.4) is 0 Å². The molecule has 1 aliphatic rings. The van der Waals surface area contributed by atoms with Gasteiger partial charge < -0.3 is 29.8 Å². The van der Waals surface area contributed by atoms with Gasteiger partial charge in [0.15, 0.2) is 22.7 Å². The molecule has 1 aliphatic carbocycles. The Kier molecular flexibility index (Phi) is 5.39. The quantitative estimate of drug-likeness (QED) is 0.446. The van der Waals surface area contributed by atoms with Crippen LogP contribution in [0.5, 0.6) is 0 Å². The van der Waals surface area contributed by atoms with Gasteiger partial charge in [0.2, 0.25) is 11.7 Å². The zero-order valence-corrected chi connectivity index (χ0v) is 17.7. The molecule has 31 heavy (non-hydrogen) atoms. The predicted molar refractivity (Wildman–Crippen MR) is 112 cm³/mol. The highest BCUT2D eigenvalue weighted by atomic mass is 16.3. The van der Waals surface area contributed by atoms with Gasteiger partial charge in [0, 0.05) is 14.1 Å². The molecule has 4 atom stereocenters. The molecule has 4 N–H and O–H groups in total. The molecular weight excluding hydrogens is 400 g/mol. The Morgan fingerprint density at radius 3 is 2.65 bits per heavy atom. The van der Waals surface area contributed by atoms with E-state index in [-0.39, 0.29) is 18.2 Å². The maximum Gasteiger partial charge on any atom is 0.225 e. The molecule has 10 nitrogen and oxygen atoms in total. The first-order chi connectivity index (χ1) is 14.8. The number of aromatic nitrogens is 4. The van der Waals surface area contributed by atoms with Gasteiger partial charge in [-0.15, -0.1) is 0 Å². The summed E-state index contributed by atoms with van der Waals surface area (Å²) in [5, 5.41) is 26.5. The van der Waals surface area contributed by atoms with E-state index in [0.29, 0.717) is 22.7 Å². The Morgan fingerprint density at radius 1 is 1.23 bits per heavy atom. The number of furan rings is 1. The number of carbonyl (C=O) groups is 1. The molecule has 0 saturated heterocycles. The van der Waals surface area contributed by atoms with Crippen LogP contribution in [0.4, 0.5) is 5.82 Å². The number of hydrogen-bond donors (Lipinski definition) is 4. The summed E-state index contributed by atoms with van der Waals surface area (Å²) in [4.78, 5) is 25.4. The van der Waals surface area contributed by atoms with Gasteiger partial charge >= 0.3 is 0 Å². The second-order valence-electron chi connectivity index (χ2n) is 7.57. The zero-order chi connectivity index (χ0) is 22.3. The van der Waals surface area contributed by atoms with Crippen molar-refractivity contribution in [3.05, 3.63) is 35.3 Å². The number of aliphatic hydroxyl groups excluding tert-OH is 2. The highest BCUT2D eigenvalue weighted by Gasteiger charge is 2.46. The number of aliphatic hydroxyl groups is 2. The number of carbonyl (C=O) groups excluding carboxylic acids is 1. The lowest BCUT2D eigenvalue weighted by molar-refractivity contribution is -0.128. The van der Waals surface area contributed by atoms with Crippen LogP contribution < -0.4 is 10.6 Å². The molecule has 0 aromatic carbocycles. The minimum Gasteiger partial charge on any atom is -0.453 e. The van der Waals surface area contributed by atoms with Crippen molar-refractivity contribution in [2.45, 2.75) is 38.5 Å². The third-order valence-electron chi connectivity index (χ3n) is 5.71. The average molecular weight is 424 g/mol. The number of fused-ring (bicyclic) bond motifs is 1. The van der Waals surface area contributed by atoms with E-state index >= 15 is 0 Å². The van der Waals surface area contributed by atoms with Crippen LogP contribution in [0.25, 0.3) is 11.2 Å². The van der Waals surface area contributed by atoms with E-state index in [1.54, 1.807) is 11.6 Å². The van der Waals surface area contributed by atoms with Crippen molar-refractivity contribution in [2.24, 2.45) is 5.92 Å². The van der Waals surface area contributed by atoms with Crippen LogP contribution in [0.1, 0.15) is 35.4 Å². The summed E-state index contributed by atoms with van der Waals surface area (Å²) in [5.74, 6) is 6.84. The summed E-state index contributed by atoms with van der Waals surface area (Å²) in [6.45, 7) is 3.81. The highest BCUT2D eigenvalue weighted by molar-refractivity contribution is 5.84. The Balaban J connectivity index is 1.75. The van der Waals surface area contributed by atoms with Crippen molar-refractivity contribution < 1.29 is 19.4 Å². The average Bonchev–Trinajstić information content (AvgIpc) is 3.41. The molecule has 0 spiro atoms. The summed E-state index contributed by atoms with van der Waals surface area (Å²) in [7, 11) is 3.22. The number of amides is 1. The topological polar surface area (TPSA) is 138 Å². The molecule has 1 saturated carbocycles. The Bertz CT molecular complexity index is 1180. The monoisotopic (exact) mass is 424 g/mol. The number of hydrogen-bond acceptors (Lipinski definition) is 8. The molecule has 10 heteroatoms. The lowest BCUT2D eigenvalue weighted by Crippen LogP contribution is -2.36. The molecule has 1 fully saturated rings. The van der Waals surface area contributed by atoms with E-state index in [2.05, 4.69) is 37.4 Å². The molecule has 3 heterocycles. The van der Waals surface area contributed by atoms with Crippen LogP contribution in [0, 0.1) is 31.6 Å². The number of nitrogens with zero attached hydrogens (tertiary/aromatic N) is 4. The molecule has 162 valence electrons. The molecule has 3 aromatic heterocycles. The van der Waals surface area contributed by atoms with Crippen molar-refractivity contribution in [2.75, 3.05) is 19.4 Å². The maximum atomic E-state index is 12.1. The minimum atomic E-state index is -1.18. The molecular formula is C21H24N6O4. The molecule has 0 radical (unpaired) electrons. The Morgan fingerprint density at radius 2 is 2.00 bits per heavy atom. The van der Waals surface area contributed by atoms with Crippen LogP contribution in [-0.4, -0.2) is 61.9 Å². The van der Waals surface area contributed by atoms with Crippen LogP contribution in [0.15, 0.2) is 16.8 Å². The van der Waals surface area contributed by atoms with Crippen LogP contribution in [0.2, 0.25) is 0 Å². The van der Waals surface area contributed by atoms with E-state index in [1.807, 2.05) is 19.9 Å². The van der Waals surface area contributed by atoms with Crippen LogP contribution in [-0.2, 0) is 4.79 Å². The van der Waals surface area contributed by atoms with Crippen LogP contribution >= 0.6 is 0 Å². The van der Waals surface area contributed by atoms with Gasteiger partial charge in [-0.05, 0) is 43.7 Å². The standard InChI is InChI=1S/C21H24N6O4/c1-10-7-12(31-11(10)2)5-6-15-25-19(22-3)16-20(26-15)27(9-24-16)14-8-13(21(30)23-4)17(28)18(14)29/h7,9,13-14,17-18,28-29H,8H2,1-4H3,(H,23,30)(H,22,25,26)/t13-,14+,17+,18-/m0/s1. The molecule has 0 bridgehead atoms. The fourth-order valence-electron chi connectivity index (χ4n) is 3.87. The molecule has 4 rings (SSSR count). The molecule has 0 aliphatic heterocycles. The van der Waals surface area contributed by atoms with E-state index < -0.39 is 24.2 Å². The third-order valence-corrected chi connectivity index (χ3v) is 5.71. The number of rotatable bonds is 3. The van der Waals surface area contributed by atoms with Crippen molar-refractivity contribution in [3.63, 3.8) is 0 Å². The number of nitrogens with one attached hydrogen (secondary N) is 2. The van der Waals surface area contributed by atoms with Gasteiger partial charge in [-0.3, -0.25) is 4.79 Å². The normalized spacial score (nSPS) is 22.9.